The largest absolute Gasteiger partial charge is 0.356 e. The standard InChI is InChI=1S/C17H28N4O.HI/c1-3-4-8-12-20-17(18-2)21-14-16(22)19-13-11-15-9-6-5-7-10-15;/h5-7,9-10H,3-4,8,11-14H2,1-2H3,(H,19,22)(H2,18,20,21);1H. The van der Waals surface area contributed by atoms with Crippen molar-refractivity contribution in [3.63, 3.8) is 0 Å². The van der Waals surface area contributed by atoms with Gasteiger partial charge in [0.25, 0.3) is 0 Å². The first-order chi connectivity index (χ1) is 10.8. The molecular weight excluding hydrogens is 403 g/mol. The zero-order valence-corrected chi connectivity index (χ0v) is 16.4. The molecule has 0 saturated heterocycles. The van der Waals surface area contributed by atoms with E-state index in [1.54, 1.807) is 7.05 Å². The highest BCUT2D eigenvalue weighted by Crippen LogP contribution is 1.97. The van der Waals surface area contributed by atoms with Crippen molar-refractivity contribution < 1.29 is 4.79 Å². The number of hydrogen-bond acceptors (Lipinski definition) is 2. The van der Waals surface area contributed by atoms with Crippen molar-refractivity contribution in [2.45, 2.75) is 32.6 Å². The maximum atomic E-state index is 11.8. The molecule has 0 heterocycles. The quantitative estimate of drug-likeness (QED) is 0.243. The van der Waals surface area contributed by atoms with Crippen molar-refractivity contribution in [1.29, 1.82) is 0 Å². The van der Waals surface area contributed by atoms with Crippen LogP contribution in [0.3, 0.4) is 0 Å². The van der Waals surface area contributed by atoms with E-state index in [2.05, 4.69) is 40.0 Å². The Kier molecular flexibility index (Phi) is 13.5. The topological polar surface area (TPSA) is 65.5 Å². The van der Waals surface area contributed by atoms with Crippen molar-refractivity contribution in [2.75, 3.05) is 26.7 Å². The molecule has 1 amide bonds. The molecule has 3 N–H and O–H groups in total. The first-order valence-corrected chi connectivity index (χ1v) is 8.01. The van der Waals surface area contributed by atoms with E-state index in [1.807, 2.05) is 18.2 Å². The monoisotopic (exact) mass is 432 g/mol. The summed E-state index contributed by atoms with van der Waals surface area (Å²) in [5.74, 6) is 0.654. The summed E-state index contributed by atoms with van der Waals surface area (Å²) in [4.78, 5) is 15.9. The summed E-state index contributed by atoms with van der Waals surface area (Å²) in [7, 11) is 1.71. The predicted octanol–water partition coefficient (Wildman–Crippen LogP) is 2.32. The van der Waals surface area contributed by atoms with Crippen molar-refractivity contribution >= 4 is 35.8 Å². The lowest BCUT2D eigenvalue weighted by Crippen LogP contribution is -2.43. The summed E-state index contributed by atoms with van der Waals surface area (Å²) < 4.78 is 0. The van der Waals surface area contributed by atoms with Gasteiger partial charge >= 0.3 is 0 Å². The van der Waals surface area contributed by atoms with Gasteiger partial charge in [0.15, 0.2) is 5.96 Å². The van der Waals surface area contributed by atoms with Gasteiger partial charge in [-0.3, -0.25) is 9.79 Å². The van der Waals surface area contributed by atoms with E-state index >= 15 is 0 Å². The summed E-state index contributed by atoms with van der Waals surface area (Å²) in [6, 6.07) is 10.1. The molecule has 0 unspecified atom stereocenters. The molecule has 0 aromatic heterocycles. The minimum Gasteiger partial charge on any atom is -0.356 e. The smallest absolute Gasteiger partial charge is 0.239 e. The van der Waals surface area contributed by atoms with Crippen LogP contribution in [0.4, 0.5) is 0 Å². The van der Waals surface area contributed by atoms with E-state index in [1.165, 1.54) is 18.4 Å². The van der Waals surface area contributed by atoms with Gasteiger partial charge < -0.3 is 16.0 Å². The molecule has 0 spiro atoms. The second kappa shape index (κ2) is 14.3. The second-order valence-corrected chi connectivity index (χ2v) is 5.15. The zero-order chi connectivity index (χ0) is 16.0. The average molecular weight is 432 g/mol. The van der Waals surface area contributed by atoms with Crippen LogP contribution in [0.1, 0.15) is 31.7 Å². The van der Waals surface area contributed by atoms with Gasteiger partial charge in [0.05, 0.1) is 6.54 Å². The third-order valence-corrected chi connectivity index (χ3v) is 3.29. The summed E-state index contributed by atoms with van der Waals surface area (Å²) >= 11 is 0. The Morgan fingerprint density at radius 3 is 2.43 bits per heavy atom. The molecule has 0 bridgehead atoms. The van der Waals surface area contributed by atoms with Gasteiger partial charge in [-0.2, -0.15) is 0 Å². The summed E-state index contributed by atoms with van der Waals surface area (Å²) in [5, 5.41) is 9.12. The molecule has 0 atom stereocenters. The lowest BCUT2D eigenvalue weighted by Gasteiger charge is -2.11. The molecule has 5 nitrogen and oxygen atoms in total. The van der Waals surface area contributed by atoms with E-state index in [0.717, 1.165) is 19.4 Å². The van der Waals surface area contributed by atoms with Gasteiger partial charge in [0.2, 0.25) is 5.91 Å². The lowest BCUT2D eigenvalue weighted by atomic mass is 10.1. The van der Waals surface area contributed by atoms with Crippen LogP contribution >= 0.6 is 24.0 Å². The molecule has 1 aromatic carbocycles. The molecule has 130 valence electrons. The molecule has 0 aliphatic carbocycles. The number of guanidine groups is 1. The Bertz CT molecular complexity index is 451. The highest BCUT2D eigenvalue weighted by molar-refractivity contribution is 14.0. The van der Waals surface area contributed by atoms with Gasteiger partial charge in [0.1, 0.15) is 0 Å². The van der Waals surface area contributed by atoms with Crippen LogP contribution in [0.15, 0.2) is 35.3 Å². The van der Waals surface area contributed by atoms with E-state index in [-0.39, 0.29) is 36.4 Å². The van der Waals surface area contributed by atoms with E-state index in [0.29, 0.717) is 12.5 Å². The Hall–Kier alpha value is -1.31. The van der Waals surface area contributed by atoms with Crippen LogP contribution in [0.25, 0.3) is 0 Å². The highest BCUT2D eigenvalue weighted by Gasteiger charge is 2.03. The summed E-state index contributed by atoms with van der Waals surface area (Å²) in [5.41, 5.74) is 1.23. The summed E-state index contributed by atoms with van der Waals surface area (Å²) in [6.45, 7) is 3.94. The molecule has 0 radical (unpaired) electrons. The average Bonchev–Trinajstić information content (AvgIpc) is 2.55. The minimum absolute atomic E-state index is 0. The number of hydrogen-bond donors (Lipinski definition) is 3. The van der Waals surface area contributed by atoms with Gasteiger partial charge in [-0.15, -0.1) is 24.0 Å². The Balaban J connectivity index is 0.00000484. The molecular formula is C17H29IN4O. The highest BCUT2D eigenvalue weighted by atomic mass is 127. The predicted molar refractivity (Wildman–Crippen MR) is 107 cm³/mol. The zero-order valence-electron chi connectivity index (χ0n) is 14.1. The van der Waals surface area contributed by atoms with Gasteiger partial charge in [0, 0.05) is 20.1 Å². The Morgan fingerprint density at radius 2 is 1.78 bits per heavy atom. The molecule has 0 fully saturated rings. The van der Waals surface area contributed by atoms with Crippen LogP contribution in [0.2, 0.25) is 0 Å². The van der Waals surface area contributed by atoms with E-state index in [4.69, 9.17) is 0 Å². The van der Waals surface area contributed by atoms with Gasteiger partial charge in [-0.05, 0) is 18.4 Å². The van der Waals surface area contributed by atoms with Crippen molar-refractivity contribution in [3.8, 4) is 0 Å². The first-order valence-electron chi connectivity index (χ1n) is 8.01. The maximum absolute atomic E-state index is 11.8. The maximum Gasteiger partial charge on any atom is 0.239 e. The van der Waals surface area contributed by atoms with Crippen LogP contribution in [0, 0.1) is 0 Å². The normalized spacial score (nSPS) is 10.6. The lowest BCUT2D eigenvalue weighted by molar-refractivity contribution is -0.119. The van der Waals surface area contributed by atoms with Crippen molar-refractivity contribution in [2.24, 2.45) is 4.99 Å². The molecule has 23 heavy (non-hydrogen) atoms. The fraction of sp³-hybridized carbons (Fsp3) is 0.529. The number of aliphatic imine (C=N–C) groups is 1. The number of halogens is 1. The van der Waals surface area contributed by atoms with Crippen LogP contribution in [0.5, 0.6) is 0 Å². The fourth-order valence-corrected chi connectivity index (χ4v) is 2.02. The Morgan fingerprint density at radius 1 is 1.04 bits per heavy atom. The number of nitrogens with one attached hydrogen (secondary N) is 3. The van der Waals surface area contributed by atoms with Gasteiger partial charge in [-0.1, -0.05) is 50.1 Å². The fourth-order valence-electron chi connectivity index (χ4n) is 2.02. The third kappa shape index (κ3) is 11.0. The Labute approximate surface area is 156 Å². The molecule has 1 aromatic rings. The van der Waals surface area contributed by atoms with Crippen LogP contribution < -0.4 is 16.0 Å². The number of carbonyl (C=O) groups excluding carboxylic acids is 1. The van der Waals surface area contributed by atoms with Gasteiger partial charge in [-0.25, -0.2) is 0 Å². The van der Waals surface area contributed by atoms with Crippen LogP contribution in [-0.2, 0) is 11.2 Å². The van der Waals surface area contributed by atoms with E-state index < -0.39 is 0 Å². The molecule has 1 rings (SSSR count). The molecule has 0 aliphatic rings. The molecule has 6 heteroatoms. The van der Waals surface area contributed by atoms with Crippen molar-refractivity contribution in [3.05, 3.63) is 35.9 Å². The van der Waals surface area contributed by atoms with Crippen LogP contribution in [-0.4, -0.2) is 38.5 Å². The molecule has 0 saturated carbocycles. The minimum atomic E-state index is -0.0209. The second-order valence-electron chi connectivity index (χ2n) is 5.15. The number of amides is 1. The number of carbonyl (C=O) groups is 1. The van der Waals surface area contributed by atoms with E-state index in [9.17, 15) is 4.79 Å². The first kappa shape index (κ1) is 21.7. The third-order valence-electron chi connectivity index (χ3n) is 3.29. The molecule has 0 aliphatic heterocycles. The van der Waals surface area contributed by atoms with Crippen molar-refractivity contribution in [1.82, 2.24) is 16.0 Å². The number of rotatable bonds is 9. The number of nitrogens with zero attached hydrogens (tertiary/aromatic N) is 1. The SMILES string of the molecule is CCCCCNC(=NC)NCC(=O)NCCc1ccccc1.I. The summed E-state index contributed by atoms with van der Waals surface area (Å²) in [6.07, 6.45) is 4.35. The number of benzene rings is 1. The number of unbranched alkanes of at least 4 members (excludes halogenated alkanes) is 2.